The number of likely N-dealkylation sites (tertiary alicyclic amines) is 1. The fourth-order valence-electron chi connectivity index (χ4n) is 3.58. The quantitative estimate of drug-likeness (QED) is 0.806. The second kappa shape index (κ2) is 7.26. The van der Waals surface area contributed by atoms with Gasteiger partial charge in [0.15, 0.2) is 11.5 Å². The molecule has 0 unspecified atom stereocenters. The summed E-state index contributed by atoms with van der Waals surface area (Å²) in [6.07, 6.45) is 0.920. The van der Waals surface area contributed by atoms with Crippen LogP contribution in [-0.2, 0) is 14.9 Å². The van der Waals surface area contributed by atoms with E-state index in [4.69, 9.17) is 14.2 Å². The van der Waals surface area contributed by atoms with Crippen LogP contribution in [0.25, 0.3) is 10.9 Å². The molecular weight excluding hydrogens is 354 g/mol. The lowest BCUT2D eigenvalue weighted by Crippen LogP contribution is -2.49. The van der Waals surface area contributed by atoms with Crippen molar-refractivity contribution in [3.05, 3.63) is 24.2 Å². The summed E-state index contributed by atoms with van der Waals surface area (Å²) in [5.41, 5.74) is 0.0496. The largest absolute Gasteiger partial charge is 0.493 e. The van der Waals surface area contributed by atoms with Crippen molar-refractivity contribution in [2.75, 3.05) is 34.4 Å². The molecule has 1 N–H and O–H groups in total. The number of hydrogen-bond donors (Lipinski definition) is 1. The number of hydrogen-bond acceptors (Lipinski definition) is 7. The molecule has 1 fully saturated rings. The van der Waals surface area contributed by atoms with Gasteiger partial charge in [-0.1, -0.05) is 0 Å². The van der Waals surface area contributed by atoms with Crippen LogP contribution in [0.2, 0.25) is 0 Å². The lowest BCUT2D eigenvalue weighted by molar-refractivity contribution is -0.149. The van der Waals surface area contributed by atoms with Crippen LogP contribution in [0, 0.1) is 0 Å². The third-order valence-electron chi connectivity index (χ3n) is 5.06. The fourth-order valence-corrected chi connectivity index (χ4v) is 3.58. The molecule has 1 aliphatic rings. The second-order valence-electron chi connectivity index (χ2n) is 6.29. The van der Waals surface area contributed by atoms with Crippen molar-refractivity contribution < 1.29 is 28.9 Å². The Kier molecular flexibility index (Phi) is 5.02. The van der Waals surface area contributed by atoms with Crippen LogP contribution >= 0.6 is 0 Å². The molecule has 0 aliphatic carbocycles. The van der Waals surface area contributed by atoms with Crippen molar-refractivity contribution in [3.8, 4) is 11.5 Å². The predicted octanol–water partition coefficient (Wildman–Crippen LogP) is 1.83. The predicted molar refractivity (Wildman–Crippen MR) is 95.2 cm³/mol. The monoisotopic (exact) mass is 375 g/mol. The summed E-state index contributed by atoms with van der Waals surface area (Å²) < 4.78 is 15.8. The topological polar surface area (TPSA) is 111 Å². The lowest BCUT2D eigenvalue weighted by atomic mass is 9.74. The highest BCUT2D eigenvalue weighted by Gasteiger charge is 2.47. The van der Waals surface area contributed by atoms with E-state index in [1.807, 2.05) is 0 Å². The van der Waals surface area contributed by atoms with E-state index < -0.39 is 17.5 Å². The molecule has 0 saturated carbocycles. The number of piperidine rings is 1. The van der Waals surface area contributed by atoms with Gasteiger partial charge in [-0.3, -0.25) is 4.79 Å². The summed E-state index contributed by atoms with van der Waals surface area (Å²) in [4.78, 5) is 34.0. The SMILES string of the molecule is COC(=O)C1(c2ncnc3cc(OC)c(OC)cc23)CCN(C(=O)O)CC1. The highest BCUT2D eigenvalue weighted by molar-refractivity contribution is 5.92. The molecule has 1 saturated heterocycles. The average molecular weight is 375 g/mol. The Hall–Kier alpha value is -3.10. The highest BCUT2D eigenvalue weighted by Crippen LogP contribution is 2.41. The number of carbonyl (C=O) groups excluding carboxylic acids is 1. The van der Waals surface area contributed by atoms with E-state index in [2.05, 4.69) is 9.97 Å². The van der Waals surface area contributed by atoms with Crippen molar-refractivity contribution in [3.63, 3.8) is 0 Å². The van der Waals surface area contributed by atoms with E-state index in [9.17, 15) is 14.7 Å². The van der Waals surface area contributed by atoms with Crippen LogP contribution in [0.5, 0.6) is 11.5 Å². The number of ether oxygens (including phenoxy) is 3. The summed E-state index contributed by atoms with van der Waals surface area (Å²) in [6.45, 7) is 0.423. The molecule has 9 nitrogen and oxygen atoms in total. The number of nitrogens with zero attached hydrogens (tertiary/aromatic N) is 3. The van der Waals surface area contributed by atoms with Crippen molar-refractivity contribution in [2.45, 2.75) is 18.3 Å². The molecule has 1 aliphatic heterocycles. The molecule has 1 amide bonds. The van der Waals surface area contributed by atoms with E-state index in [1.54, 1.807) is 12.1 Å². The first-order valence-corrected chi connectivity index (χ1v) is 8.40. The molecule has 9 heteroatoms. The van der Waals surface area contributed by atoms with Gasteiger partial charge in [0.25, 0.3) is 0 Å². The maximum Gasteiger partial charge on any atom is 0.407 e. The summed E-state index contributed by atoms with van der Waals surface area (Å²) in [5.74, 6) is 0.564. The van der Waals surface area contributed by atoms with Gasteiger partial charge in [-0.2, -0.15) is 0 Å². The zero-order valence-electron chi connectivity index (χ0n) is 15.4. The maximum atomic E-state index is 12.8. The number of aromatic nitrogens is 2. The molecule has 0 atom stereocenters. The van der Waals surface area contributed by atoms with Gasteiger partial charge >= 0.3 is 12.1 Å². The lowest BCUT2D eigenvalue weighted by Gasteiger charge is -2.38. The number of amides is 1. The number of rotatable bonds is 4. The van der Waals surface area contributed by atoms with E-state index >= 15 is 0 Å². The molecule has 2 heterocycles. The summed E-state index contributed by atoms with van der Waals surface area (Å²) >= 11 is 0. The summed E-state index contributed by atoms with van der Waals surface area (Å²) in [6, 6.07) is 3.45. The maximum absolute atomic E-state index is 12.8. The Balaban J connectivity index is 2.17. The number of benzene rings is 1. The van der Waals surface area contributed by atoms with Crippen molar-refractivity contribution >= 4 is 23.0 Å². The number of carboxylic acid groups (broad SMARTS) is 1. The molecular formula is C18H21N3O6. The van der Waals surface area contributed by atoms with Crippen molar-refractivity contribution in [1.82, 2.24) is 14.9 Å². The van der Waals surface area contributed by atoms with Crippen LogP contribution in [0.4, 0.5) is 4.79 Å². The van der Waals surface area contributed by atoms with Crippen molar-refractivity contribution in [2.24, 2.45) is 0 Å². The van der Waals surface area contributed by atoms with Crippen LogP contribution in [0.1, 0.15) is 18.5 Å². The first-order chi connectivity index (χ1) is 13.0. The number of carbonyl (C=O) groups is 2. The Morgan fingerprint density at radius 2 is 1.70 bits per heavy atom. The zero-order valence-corrected chi connectivity index (χ0v) is 15.4. The fraction of sp³-hybridized carbons (Fsp3) is 0.444. The first kappa shape index (κ1) is 18.7. The van der Waals surface area contributed by atoms with Crippen LogP contribution < -0.4 is 9.47 Å². The van der Waals surface area contributed by atoms with Gasteiger partial charge in [0, 0.05) is 24.5 Å². The molecule has 1 aromatic carbocycles. The van der Waals surface area contributed by atoms with E-state index in [0.717, 1.165) is 0 Å². The van der Waals surface area contributed by atoms with E-state index in [-0.39, 0.29) is 25.9 Å². The minimum absolute atomic E-state index is 0.212. The molecule has 144 valence electrons. The minimum Gasteiger partial charge on any atom is -0.493 e. The number of fused-ring (bicyclic) bond motifs is 1. The first-order valence-electron chi connectivity index (χ1n) is 8.40. The Bertz CT molecular complexity index is 877. The van der Waals surface area contributed by atoms with Crippen LogP contribution in [0.15, 0.2) is 18.5 Å². The molecule has 27 heavy (non-hydrogen) atoms. The Morgan fingerprint density at radius 1 is 1.07 bits per heavy atom. The standard InChI is InChI=1S/C18H21N3O6/c1-25-13-8-11-12(9-14(13)26-2)19-10-20-15(11)18(16(22)27-3)4-6-21(7-5-18)17(23)24/h8-10H,4-7H2,1-3H3,(H,23,24). The molecule has 2 aromatic rings. The molecule has 3 rings (SSSR count). The second-order valence-corrected chi connectivity index (χ2v) is 6.29. The summed E-state index contributed by atoms with van der Waals surface area (Å²) in [5, 5.41) is 9.87. The zero-order chi connectivity index (χ0) is 19.6. The van der Waals surface area contributed by atoms with E-state index in [0.29, 0.717) is 28.1 Å². The van der Waals surface area contributed by atoms with Gasteiger partial charge in [0.2, 0.25) is 0 Å². The number of esters is 1. The number of methoxy groups -OCH3 is 3. The normalized spacial score (nSPS) is 16.0. The summed E-state index contributed by atoms with van der Waals surface area (Å²) in [7, 11) is 4.37. The third kappa shape index (κ3) is 3.09. The van der Waals surface area contributed by atoms with Crippen LogP contribution in [-0.4, -0.2) is 66.5 Å². The van der Waals surface area contributed by atoms with E-state index in [1.165, 1.54) is 32.6 Å². The smallest absolute Gasteiger partial charge is 0.407 e. The van der Waals surface area contributed by atoms with Crippen LogP contribution in [0.3, 0.4) is 0 Å². The average Bonchev–Trinajstić information content (AvgIpc) is 2.71. The minimum atomic E-state index is -1.05. The highest BCUT2D eigenvalue weighted by atomic mass is 16.5. The van der Waals surface area contributed by atoms with Gasteiger partial charge in [0.1, 0.15) is 11.7 Å². The van der Waals surface area contributed by atoms with Crippen molar-refractivity contribution in [1.29, 1.82) is 0 Å². The molecule has 0 spiro atoms. The molecule has 0 bridgehead atoms. The third-order valence-corrected chi connectivity index (χ3v) is 5.06. The molecule has 0 radical (unpaired) electrons. The van der Waals surface area contributed by atoms with Gasteiger partial charge < -0.3 is 24.2 Å². The van der Waals surface area contributed by atoms with Gasteiger partial charge in [-0.15, -0.1) is 0 Å². The Morgan fingerprint density at radius 3 is 2.26 bits per heavy atom. The molecule has 1 aromatic heterocycles. The van der Waals surface area contributed by atoms with Gasteiger partial charge in [0.05, 0.1) is 32.5 Å². The van der Waals surface area contributed by atoms with Gasteiger partial charge in [-0.05, 0) is 18.9 Å². The van der Waals surface area contributed by atoms with Gasteiger partial charge in [-0.25, -0.2) is 14.8 Å². The Labute approximate surface area is 155 Å².